The van der Waals surface area contributed by atoms with Gasteiger partial charge in [-0.25, -0.2) is 0 Å². The van der Waals surface area contributed by atoms with Crippen molar-refractivity contribution in [1.29, 1.82) is 0 Å². The summed E-state index contributed by atoms with van der Waals surface area (Å²) in [5.74, 6) is 1.54. The third-order valence-electron chi connectivity index (χ3n) is 2.92. The molecule has 0 heterocycles. The number of unbranched alkanes of at least 4 members (excludes halogenated alkanes) is 1. The molecule has 0 spiro atoms. The monoisotopic (exact) mass is 249 g/mol. The molecule has 0 saturated carbocycles. The number of rotatable bonds is 8. The van der Waals surface area contributed by atoms with E-state index in [1.54, 1.807) is 0 Å². The third-order valence-corrected chi connectivity index (χ3v) is 2.92. The highest BCUT2D eigenvalue weighted by atomic mass is 16.5. The smallest absolute Gasteiger partial charge is 0.119 e. The summed E-state index contributed by atoms with van der Waals surface area (Å²) >= 11 is 0. The molecular formula is C16H27NO. The summed E-state index contributed by atoms with van der Waals surface area (Å²) in [5.41, 5.74) is 1.30. The van der Waals surface area contributed by atoms with Gasteiger partial charge in [0.1, 0.15) is 5.75 Å². The summed E-state index contributed by atoms with van der Waals surface area (Å²) in [5, 5.41) is 3.54. The molecule has 1 aromatic carbocycles. The Morgan fingerprint density at radius 2 is 2.00 bits per heavy atom. The molecule has 0 amide bonds. The highest BCUT2D eigenvalue weighted by molar-refractivity contribution is 5.30. The molecule has 1 unspecified atom stereocenters. The van der Waals surface area contributed by atoms with Crippen molar-refractivity contribution in [2.45, 2.75) is 46.6 Å². The van der Waals surface area contributed by atoms with E-state index in [0.717, 1.165) is 18.9 Å². The zero-order valence-corrected chi connectivity index (χ0v) is 12.2. The summed E-state index contributed by atoms with van der Waals surface area (Å²) in [6.45, 7) is 10.6. The first-order valence-electron chi connectivity index (χ1n) is 7.09. The molecule has 1 atom stereocenters. The van der Waals surface area contributed by atoms with E-state index in [4.69, 9.17) is 4.74 Å². The van der Waals surface area contributed by atoms with Crippen molar-refractivity contribution >= 4 is 0 Å². The van der Waals surface area contributed by atoms with Crippen LogP contribution in [0.25, 0.3) is 0 Å². The van der Waals surface area contributed by atoms with Crippen molar-refractivity contribution in [3.8, 4) is 5.75 Å². The maximum Gasteiger partial charge on any atom is 0.119 e. The van der Waals surface area contributed by atoms with Gasteiger partial charge in [0.05, 0.1) is 6.61 Å². The van der Waals surface area contributed by atoms with E-state index in [1.165, 1.54) is 18.4 Å². The standard InChI is InChI=1S/C16H27NO/c1-5-6-10-17-14(4)15-8-7-9-16(11-15)18-12-13(2)3/h7-9,11,13-14,17H,5-6,10,12H2,1-4H3. The Morgan fingerprint density at radius 1 is 1.22 bits per heavy atom. The molecule has 102 valence electrons. The van der Waals surface area contributed by atoms with Gasteiger partial charge in [0, 0.05) is 6.04 Å². The Hall–Kier alpha value is -1.02. The van der Waals surface area contributed by atoms with Crippen molar-refractivity contribution in [1.82, 2.24) is 5.32 Å². The molecule has 0 saturated heterocycles. The molecule has 0 fully saturated rings. The van der Waals surface area contributed by atoms with Gasteiger partial charge in [0.15, 0.2) is 0 Å². The number of benzene rings is 1. The lowest BCUT2D eigenvalue weighted by molar-refractivity contribution is 0.270. The topological polar surface area (TPSA) is 21.3 Å². The fourth-order valence-electron chi connectivity index (χ4n) is 1.75. The number of ether oxygens (including phenoxy) is 1. The summed E-state index contributed by atoms with van der Waals surface area (Å²) in [6, 6.07) is 8.80. The van der Waals surface area contributed by atoms with Gasteiger partial charge in [-0.2, -0.15) is 0 Å². The van der Waals surface area contributed by atoms with E-state index in [-0.39, 0.29) is 0 Å². The third kappa shape index (κ3) is 5.54. The van der Waals surface area contributed by atoms with Gasteiger partial charge in [-0.3, -0.25) is 0 Å². The highest BCUT2D eigenvalue weighted by Gasteiger charge is 2.05. The zero-order valence-electron chi connectivity index (χ0n) is 12.2. The molecular weight excluding hydrogens is 222 g/mol. The van der Waals surface area contributed by atoms with Crippen molar-refractivity contribution in [2.24, 2.45) is 5.92 Å². The van der Waals surface area contributed by atoms with Gasteiger partial charge >= 0.3 is 0 Å². The number of hydrogen-bond acceptors (Lipinski definition) is 2. The summed E-state index contributed by atoms with van der Waals surface area (Å²) in [6.07, 6.45) is 2.46. The quantitative estimate of drug-likeness (QED) is 0.698. The van der Waals surface area contributed by atoms with Crippen LogP contribution in [0.1, 0.15) is 52.1 Å². The van der Waals surface area contributed by atoms with Crippen LogP contribution in [-0.2, 0) is 0 Å². The van der Waals surface area contributed by atoms with Crippen molar-refractivity contribution in [3.05, 3.63) is 29.8 Å². The van der Waals surface area contributed by atoms with Gasteiger partial charge < -0.3 is 10.1 Å². The molecule has 1 aromatic rings. The normalized spacial score (nSPS) is 12.7. The number of nitrogens with one attached hydrogen (secondary N) is 1. The fourth-order valence-corrected chi connectivity index (χ4v) is 1.75. The lowest BCUT2D eigenvalue weighted by Crippen LogP contribution is -2.19. The lowest BCUT2D eigenvalue weighted by atomic mass is 10.1. The first-order chi connectivity index (χ1) is 8.63. The van der Waals surface area contributed by atoms with Crippen molar-refractivity contribution < 1.29 is 4.74 Å². The van der Waals surface area contributed by atoms with E-state index in [0.29, 0.717) is 12.0 Å². The van der Waals surface area contributed by atoms with Crippen LogP contribution in [0, 0.1) is 5.92 Å². The fraction of sp³-hybridized carbons (Fsp3) is 0.625. The molecule has 1 N–H and O–H groups in total. The Morgan fingerprint density at radius 3 is 2.67 bits per heavy atom. The zero-order chi connectivity index (χ0) is 13.4. The highest BCUT2D eigenvalue weighted by Crippen LogP contribution is 2.19. The minimum absolute atomic E-state index is 0.388. The first kappa shape index (κ1) is 15.0. The molecule has 2 heteroatoms. The maximum atomic E-state index is 5.76. The van der Waals surface area contributed by atoms with Crippen LogP contribution in [0.4, 0.5) is 0 Å². The van der Waals surface area contributed by atoms with Crippen LogP contribution in [0.2, 0.25) is 0 Å². The summed E-state index contributed by atoms with van der Waals surface area (Å²) in [4.78, 5) is 0. The van der Waals surface area contributed by atoms with E-state index in [2.05, 4.69) is 51.2 Å². The van der Waals surface area contributed by atoms with Crippen LogP contribution in [0.5, 0.6) is 5.75 Å². The van der Waals surface area contributed by atoms with E-state index in [1.807, 2.05) is 6.07 Å². The van der Waals surface area contributed by atoms with Gasteiger partial charge in [-0.1, -0.05) is 39.3 Å². The van der Waals surface area contributed by atoms with E-state index in [9.17, 15) is 0 Å². The molecule has 18 heavy (non-hydrogen) atoms. The summed E-state index contributed by atoms with van der Waals surface area (Å²) < 4.78 is 5.76. The Bertz CT molecular complexity index is 336. The van der Waals surface area contributed by atoms with Crippen LogP contribution >= 0.6 is 0 Å². The second kappa shape index (κ2) is 8.15. The summed E-state index contributed by atoms with van der Waals surface area (Å²) in [7, 11) is 0. The second-order valence-electron chi connectivity index (χ2n) is 5.31. The Balaban J connectivity index is 2.52. The molecule has 0 aliphatic rings. The van der Waals surface area contributed by atoms with E-state index < -0.39 is 0 Å². The Labute approximate surface area is 112 Å². The average molecular weight is 249 g/mol. The van der Waals surface area contributed by atoms with Crippen LogP contribution in [0.15, 0.2) is 24.3 Å². The molecule has 2 nitrogen and oxygen atoms in total. The molecule has 0 aliphatic carbocycles. The molecule has 1 rings (SSSR count). The maximum absolute atomic E-state index is 5.76. The average Bonchev–Trinajstić information content (AvgIpc) is 2.37. The molecule has 0 aliphatic heterocycles. The van der Waals surface area contributed by atoms with Gasteiger partial charge in [0.2, 0.25) is 0 Å². The van der Waals surface area contributed by atoms with Crippen molar-refractivity contribution in [3.63, 3.8) is 0 Å². The second-order valence-corrected chi connectivity index (χ2v) is 5.31. The van der Waals surface area contributed by atoms with Crippen LogP contribution in [-0.4, -0.2) is 13.2 Å². The molecule has 0 radical (unpaired) electrons. The van der Waals surface area contributed by atoms with Gasteiger partial charge in [0.25, 0.3) is 0 Å². The number of hydrogen-bond donors (Lipinski definition) is 1. The van der Waals surface area contributed by atoms with Crippen molar-refractivity contribution in [2.75, 3.05) is 13.2 Å². The molecule has 0 bridgehead atoms. The SMILES string of the molecule is CCCCNC(C)c1cccc(OCC(C)C)c1. The minimum atomic E-state index is 0.388. The first-order valence-corrected chi connectivity index (χ1v) is 7.09. The van der Waals surface area contributed by atoms with E-state index >= 15 is 0 Å². The minimum Gasteiger partial charge on any atom is -0.493 e. The van der Waals surface area contributed by atoms with Crippen LogP contribution < -0.4 is 10.1 Å². The Kier molecular flexibility index (Phi) is 6.81. The predicted octanol–water partition coefficient (Wildman–Crippen LogP) is 4.17. The largest absolute Gasteiger partial charge is 0.493 e. The van der Waals surface area contributed by atoms with Gasteiger partial charge in [-0.05, 0) is 43.5 Å². The predicted molar refractivity (Wildman–Crippen MR) is 78.1 cm³/mol. The lowest BCUT2D eigenvalue weighted by Gasteiger charge is -2.16. The molecule has 0 aromatic heterocycles. The van der Waals surface area contributed by atoms with Crippen LogP contribution in [0.3, 0.4) is 0 Å². The van der Waals surface area contributed by atoms with Gasteiger partial charge in [-0.15, -0.1) is 0 Å².